The van der Waals surface area contributed by atoms with E-state index in [0.29, 0.717) is 32.3 Å². The third kappa shape index (κ3) is 3.34. The fraction of sp³-hybridized carbons (Fsp3) is 0.0952. The van der Waals surface area contributed by atoms with Crippen LogP contribution in [0.25, 0.3) is 22.5 Å². The van der Waals surface area contributed by atoms with E-state index >= 15 is 0 Å². The van der Waals surface area contributed by atoms with Gasteiger partial charge in [0, 0.05) is 15.6 Å². The average Bonchev–Trinajstić information content (AvgIpc) is 3.17. The molecule has 0 saturated carbocycles. The molecule has 4 nitrogen and oxygen atoms in total. The first kappa shape index (κ1) is 17.7. The number of fused-ring (bicyclic) bond motifs is 1. The van der Waals surface area contributed by atoms with Crippen LogP contribution in [0.4, 0.5) is 0 Å². The fourth-order valence-electron chi connectivity index (χ4n) is 2.81. The van der Waals surface area contributed by atoms with Crippen molar-refractivity contribution in [3.05, 3.63) is 86.2 Å². The molecule has 0 spiro atoms. The van der Waals surface area contributed by atoms with Crippen LogP contribution in [0.3, 0.4) is 0 Å². The number of halogens is 2. The Bertz CT molecular complexity index is 1160. The van der Waals surface area contributed by atoms with Gasteiger partial charge in [0.25, 0.3) is 0 Å². The third-order valence-corrected chi connectivity index (χ3v) is 4.88. The van der Waals surface area contributed by atoms with Crippen molar-refractivity contribution >= 4 is 34.2 Å². The molecule has 27 heavy (non-hydrogen) atoms. The van der Waals surface area contributed by atoms with Crippen molar-refractivity contribution in [2.75, 3.05) is 0 Å². The zero-order chi connectivity index (χ0) is 19.0. The Kier molecular flexibility index (Phi) is 4.68. The van der Waals surface area contributed by atoms with Crippen LogP contribution in [-0.2, 0) is 6.61 Å². The van der Waals surface area contributed by atoms with Crippen molar-refractivity contribution in [1.82, 2.24) is 0 Å². The highest BCUT2D eigenvalue weighted by atomic mass is 35.5. The van der Waals surface area contributed by atoms with Gasteiger partial charge in [0.2, 0.25) is 16.9 Å². The Labute approximate surface area is 164 Å². The van der Waals surface area contributed by atoms with Crippen LogP contribution in [-0.4, -0.2) is 0 Å². The fourth-order valence-corrected chi connectivity index (χ4v) is 3.31. The molecule has 0 bridgehead atoms. The molecule has 0 atom stereocenters. The van der Waals surface area contributed by atoms with Crippen LogP contribution in [0.5, 0.6) is 5.75 Å². The smallest absolute Gasteiger partial charge is 0.235 e. The third-order valence-electron chi connectivity index (χ3n) is 4.17. The predicted molar refractivity (Wildman–Crippen MR) is 106 cm³/mol. The Morgan fingerprint density at radius 1 is 1.04 bits per heavy atom. The summed E-state index contributed by atoms with van der Waals surface area (Å²) in [6.07, 6.45) is 1.50. The second-order valence-corrected chi connectivity index (χ2v) is 6.87. The Morgan fingerprint density at radius 2 is 1.81 bits per heavy atom. The monoisotopic (exact) mass is 400 g/mol. The molecule has 2 aromatic heterocycles. The largest absolute Gasteiger partial charge is 0.481 e. The van der Waals surface area contributed by atoms with Gasteiger partial charge in [0.1, 0.15) is 12.2 Å². The van der Waals surface area contributed by atoms with Gasteiger partial charge in [-0.2, -0.15) is 0 Å². The number of hydrogen-bond donors (Lipinski definition) is 0. The number of ether oxygens (including phenoxy) is 1. The van der Waals surface area contributed by atoms with Crippen molar-refractivity contribution in [2.45, 2.75) is 13.5 Å². The van der Waals surface area contributed by atoms with Crippen molar-refractivity contribution in [2.24, 2.45) is 0 Å². The van der Waals surface area contributed by atoms with Crippen molar-refractivity contribution in [3.8, 4) is 17.3 Å². The molecule has 0 aliphatic rings. The van der Waals surface area contributed by atoms with E-state index in [-0.39, 0.29) is 23.5 Å². The summed E-state index contributed by atoms with van der Waals surface area (Å²) in [5.41, 5.74) is 1.71. The molecule has 0 N–H and O–H groups in total. The first-order valence-corrected chi connectivity index (χ1v) is 8.97. The molecule has 2 aromatic carbocycles. The van der Waals surface area contributed by atoms with E-state index in [2.05, 4.69) is 0 Å². The summed E-state index contributed by atoms with van der Waals surface area (Å²) >= 11 is 12.4. The molecule has 0 amide bonds. The van der Waals surface area contributed by atoms with Gasteiger partial charge in [-0.1, -0.05) is 40.9 Å². The summed E-state index contributed by atoms with van der Waals surface area (Å²) in [5, 5.41) is 1.36. The van der Waals surface area contributed by atoms with E-state index in [9.17, 15) is 4.79 Å². The van der Waals surface area contributed by atoms with Crippen LogP contribution in [0.2, 0.25) is 10.0 Å². The average molecular weight is 401 g/mol. The standard InChI is InChI=1S/C21H14Cl2O4/c1-12-7-8-17-13(10-12)19(24)21(20(27-17)18-6-3-9-25-18)26-11-14-15(22)4-2-5-16(14)23/h2-10H,11H2,1H3. The highest BCUT2D eigenvalue weighted by molar-refractivity contribution is 6.35. The van der Waals surface area contributed by atoms with Crippen LogP contribution in [0.15, 0.2) is 68.4 Å². The lowest BCUT2D eigenvalue weighted by molar-refractivity contribution is 0.296. The Hall–Kier alpha value is -2.69. The molecule has 0 saturated heterocycles. The van der Waals surface area contributed by atoms with Crippen molar-refractivity contribution in [1.29, 1.82) is 0 Å². The van der Waals surface area contributed by atoms with Gasteiger partial charge in [0.15, 0.2) is 5.76 Å². The molecule has 4 aromatic rings. The lowest BCUT2D eigenvalue weighted by atomic mass is 10.1. The van der Waals surface area contributed by atoms with Crippen LogP contribution in [0, 0.1) is 6.92 Å². The lowest BCUT2D eigenvalue weighted by Crippen LogP contribution is -2.10. The highest BCUT2D eigenvalue weighted by Crippen LogP contribution is 2.33. The van der Waals surface area contributed by atoms with Gasteiger partial charge in [-0.3, -0.25) is 4.79 Å². The lowest BCUT2D eigenvalue weighted by Gasteiger charge is -2.12. The molecule has 0 radical (unpaired) electrons. The second-order valence-electron chi connectivity index (χ2n) is 6.06. The molecule has 4 rings (SSSR count). The number of benzene rings is 2. The second kappa shape index (κ2) is 7.14. The van der Waals surface area contributed by atoms with E-state index in [4.69, 9.17) is 36.8 Å². The predicted octanol–water partition coefficient (Wildman–Crippen LogP) is 6.25. The van der Waals surface area contributed by atoms with E-state index in [1.54, 1.807) is 42.5 Å². The number of aryl methyl sites for hydroxylation is 1. The van der Waals surface area contributed by atoms with Gasteiger partial charge in [-0.05, 0) is 43.3 Å². The SMILES string of the molecule is Cc1ccc2oc(-c3ccco3)c(OCc3c(Cl)cccc3Cl)c(=O)c2c1. The van der Waals surface area contributed by atoms with E-state index < -0.39 is 0 Å². The van der Waals surface area contributed by atoms with E-state index in [1.165, 1.54) is 6.26 Å². The summed E-state index contributed by atoms with van der Waals surface area (Å²) < 4.78 is 17.2. The van der Waals surface area contributed by atoms with E-state index in [1.807, 2.05) is 13.0 Å². The maximum atomic E-state index is 13.1. The highest BCUT2D eigenvalue weighted by Gasteiger charge is 2.20. The molecule has 0 fully saturated rings. The maximum absolute atomic E-state index is 13.1. The molecule has 0 aliphatic carbocycles. The summed E-state index contributed by atoms with van der Waals surface area (Å²) in [6, 6.07) is 14.0. The van der Waals surface area contributed by atoms with Crippen molar-refractivity contribution < 1.29 is 13.6 Å². The molecular weight excluding hydrogens is 387 g/mol. The Balaban J connectivity index is 1.86. The minimum absolute atomic E-state index is 0.0221. The number of hydrogen-bond acceptors (Lipinski definition) is 4. The summed E-state index contributed by atoms with van der Waals surface area (Å²) in [5.74, 6) is 0.679. The minimum Gasteiger partial charge on any atom is -0.481 e. The molecule has 136 valence electrons. The minimum atomic E-state index is -0.283. The summed E-state index contributed by atoms with van der Waals surface area (Å²) in [6.45, 7) is 1.93. The molecule has 0 unspecified atom stereocenters. The molecule has 0 aliphatic heterocycles. The zero-order valence-corrected chi connectivity index (χ0v) is 15.8. The zero-order valence-electron chi connectivity index (χ0n) is 14.3. The number of furan rings is 1. The molecule has 2 heterocycles. The molecule has 6 heteroatoms. The van der Waals surface area contributed by atoms with Gasteiger partial charge < -0.3 is 13.6 Å². The van der Waals surface area contributed by atoms with Gasteiger partial charge in [-0.25, -0.2) is 0 Å². The number of rotatable bonds is 4. The van der Waals surface area contributed by atoms with Crippen LogP contribution in [0.1, 0.15) is 11.1 Å². The normalized spacial score (nSPS) is 11.1. The van der Waals surface area contributed by atoms with Gasteiger partial charge in [-0.15, -0.1) is 0 Å². The van der Waals surface area contributed by atoms with Crippen LogP contribution >= 0.6 is 23.2 Å². The Morgan fingerprint density at radius 3 is 2.52 bits per heavy atom. The van der Waals surface area contributed by atoms with Gasteiger partial charge >= 0.3 is 0 Å². The molecular formula is C21H14Cl2O4. The first-order valence-electron chi connectivity index (χ1n) is 8.21. The van der Waals surface area contributed by atoms with Crippen molar-refractivity contribution in [3.63, 3.8) is 0 Å². The van der Waals surface area contributed by atoms with E-state index in [0.717, 1.165) is 5.56 Å². The summed E-state index contributed by atoms with van der Waals surface area (Å²) in [7, 11) is 0. The summed E-state index contributed by atoms with van der Waals surface area (Å²) in [4.78, 5) is 13.1. The van der Waals surface area contributed by atoms with Gasteiger partial charge in [0.05, 0.1) is 11.6 Å². The first-order chi connectivity index (χ1) is 13.0. The van der Waals surface area contributed by atoms with Crippen LogP contribution < -0.4 is 10.2 Å². The quantitative estimate of drug-likeness (QED) is 0.406. The maximum Gasteiger partial charge on any atom is 0.235 e. The topological polar surface area (TPSA) is 52.6 Å².